The summed E-state index contributed by atoms with van der Waals surface area (Å²) in [6.07, 6.45) is 1.91. The largest absolute Gasteiger partial charge is 0.464 e. The summed E-state index contributed by atoms with van der Waals surface area (Å²) in [4.78, 5) is 0.893. The Morgan fingerprint density at radius 2 is 2.14 bits per heavy atom. The summed E-state index contributed by atoms with van der Waals surface area (Å²) >= 11 is 1.50. The maximum Gasteiger partial charge on any atom is 0.188 e. The maximum absolute atomic E-state index is 13.4. The third kappa shape index (κ3) is 2.62. The molecule has 0 saturated carbocycles. The standard InChI is InChI=1S/C10H13FO2S/c1-7-4-8(14-3)5-9(11)10(7)13-6-12-2/h4-5H,6H2,1-3H3. The van der Waals surface area contributed by atoms with Gasteiger partial charge in [0.15, 0.2) is 18.4 Å². The average Bonchev–Trinajstić information content (AvgIpc) is 2.16. The van der Waals surface area contributed by atoms with Crippen molar-refractivity contribution in [2.24, 2.45) is 0 Å². The highest BCUT2D eigenvalue weighted by Gasteiger charge is 2.08. The fourth-order valence-electron chi connectivity index (χ4n) is 1.12. The lowest BCUT2D eigenvalue weighted by molar-refractivity contribution is 0.0477. The van der Waals surface area contributed by atoms with Crippen molar-refractivity contribution in [1.29, 1.82) is 0 Å². The van der Waals surface area contributed by atoms with Crippen LogP contribution in [0.3, 0.4) is 0 Å². The van der Waals surface area contributed by atoms with E-state index in [0.29, 0.717) is 0 Å². The van der Waals surface area contributed by atoms with E-state index < -0.39 is 0 Å². The predicted octanol–water partition coefficient (Wildman–Crippen LogP) is 2.84. The molecule has 78 valence electrons. The fraction of sp³-hybridized carbons (Fsp3) is 0.400. The minimum Gasteiger partial charge on any atom is -0.464 e. The monoisotopic (exact) mass is 216 g/mol. The third-order valence-corrected chi connectivity index (χ3v) is 2.47. The van der Waals surface area contributed by atoms with Gasteiger partial charge in [-0.05, 0) is 30.9 Å². The van der Waals surface area contributed by atoms with E-state index in [2.05, 4.69) is 0 Å². The molecule has 0 N–H and O–H groups in total. The smallest absolute Gasteiger partial charge is 0.188 e. The van der Waals surface area contributed by atoms with Gasteiger partial charge in [0.25, 0.3) is 0 Å². The molecule has 0 aromatic heterocycles. The molecule has 0 bridgehead atoms. The number of halogens is 1. The third-order valence-electron chi connectivity index (χ3n) is 1.76. The normalized spacial score (nSPS) is 10.3. The lowest BCUT2D eigenvalue weighted by atomic mass is 10.2. The van der Waals surface area contributed by atoms with Crippen LogP contribution in [0.15, 0.2) is 17.0 Å². The van der Waals surface area contributed by atoms with Gasteiger partial charge in [-0.25, -0.2) is 4.39 Å². The Morgan fingerprint density at radius 1 is 1.43 bits per heavy atom. The molecule has 2 nitrogen and oxygen atoms in total. The number of benzene rings is 1. The molecule has 0 unspecified atom stereocenters. The molecule has 0 aliphatic rings. The highest BCUT2D eigenvalue weighted by molar-refractivity contribution is 7.98. The van der Waals surface area contributed by atoms with E-state index >= 15 is 0 Å². The van der Waals surface area contributed by atoms with Crippen LogP contribution in [0.1, 0.15) is 5.56 Å². The van der Waals surface area contributed by atoms with Gasteiger partial charge in [0.05, 0.1) is 0 Å². The molecule has 1 aromatic carbocycles. The van der Waals surface area contributed by atoms with Crippen LogP contribution < -0.4 is 4.74 Å². The van der Waals surface area contributed by atoms with E-state index in [-0.39, 0.29) is 18.4 Å². The summed E-state index contributed by atoms with van der Waals surface area (Å²) in [5.41, 5.74) is 0.784. The van der Waals surface area contributed by atoms with Crippen molar-refractivity contribution >= 4 is 11.8 Å². The first kappa shape index (κ1) is 11.3. The number of aryl methyl sites for hydroxylation is 1. The molecule has 0 atom stereocenters. The number of thioether (sulfide) groups is 1. The Balaban J connectivity index is 2.93. The summed E-state index contributed by atoms with van der Waals surface area (Å²) in [5, 5.41) is 0. The molecule has 0 radical (unpaired) electrons. The summed E-state index contributed by atoms with van der Waals surface area (Å²) in [5.74, 6) is -0.0731. The molecule has 1 rings (SSSR count). The zero-order chi connectivity index (χ0) is 10.6. The zero-order valence-corrected chi connectivity index (χ0v) is 9.28. The molecule has 4 heteroatoms. The van der Waals surface area contributed by atoms with Crippen molar-refractivity contribution in [3.8, 4) is 5.75 Å². The van der Waals surface area contributed by atoms with Crippen molar-refractivity contribution in [3.05, 3.63) is 23.5 Å². The lowest BCUT2D eigenvalue weighted by Gasteiger charge is -2.10. The van der Waals surface area contributed by atoms with Crippen LogP contribution in [-0.2, 0) is 4.74 Å². The van der Waals surface area contributed by atoms with Gasteiger partial charge in [-0.1, -0.05) is 0 Å². The number of hydrogen-bond acceptors (Lipinski definition) is 3. The Hall–Kier alpha value is -0.740. The molecular weight excluding hydrogens is 203 g/mol. The van der Waals surface area contributed by atoms with E-state index in [0.717, 1.165) is 10.5 Å². The highest BCUT2D eigenvalue weighted by Crippen LogP contribution is 2.27. The number of hydrogen-bond donors (Lipinski definition) is 0. The minimum absolute atomic E-state index is 0.0658. The van der Waals surface area contributed by atoms with Gasteiger partial charge in [0.1, 0.15) is 0 Å². The second kappa shape index (κ2) is 5.22. The average molecular weight is 216 g/mol. The van der Waals surface area contributed by atoms with Gasteiger partial charge in [-0.15, -0.1) is 11.8 Å². The molecule has 14 heavy (non-hydrogen) atoms. The van der Waals surface area contributed by atoms with Crippen molar-refractivity contribution in [2.45, 2.75) is 11.8 Å². The maximum atomic E-state index is 13.4. The van der Waals surface area contributed by atoms with E-state index in [1.807, 2.05) is 19.2 Å². The lowest BCUT2D eigenvalue weighted by Crippen LogP contribution is -2.02. The second-order valence-electron chi connectivity index (χ2n) is 2.81. The summed E-state index contributed by atoms with van der Waals surface area (Å²) in [7, 11) is 1.50. The van der Waals surface area contributed by atoms with Crippen LogP contribution in [0.25, 0.3) is 0 Å². The minimum atomic E-state index is -0.341. The SMILES string of the molecule is COCOc1c(C)cc(SC)cc1F. The summed E-state index contributed by atoms with van der Waals surface area (Å²) < 4.78 is 23.3. The van der Waals surface area contributed by atoms with Crippen LogP contribution in [0.2, 0.25) is 0 Å². The number of methoxy groups -OCH3 is 1. The molecule has 0 amide bonds. The Labute approximate surface area is 87.4 Å². The van der Waals surface area contributed by atoms with Gasteiger partial charge in [-0.2, -0.15) is 0 Å². The van der Waals surface area contributed by atoms with Crippen LogP contribution in [0.4, 0.5) is 4.39 Å². The Kier molecular flexibility index (Phi) is 4.22. The van der Waals surface area contributed by atoms with Crippen molar-refractivity contribution in [3.63, 3.8) is 0 Å². The summed E-state index contributed by atoms with van der Waals surface area (Å²) in [6.45, 7) is 1.88. The molecule has 1 aromatic rings. The molecule has 0 saturated heterocycles. The zero-order valence-electron chi connectivity index (χ0n) is 8.46. The van der Waals surface area contributed by atoms with Gasteiger partial charge < -0.3 is 9.47 Å². The van der Waals surface area contributed by atoms with Gasteiger partial charge in [0, 0.05) is 12.0 Å². The van der Waals surface area contributed by atoms with Crippen LogP contribution in [0.5, 0.6) is 5.75 Å². The molecule has 0 fully saturated rings. The van der Waals surface area contributed by atoms with E-state index in [9.17, 15) is 4.39 Å². The van der Waals surface area contributed by atoms with Crippen molar-refractivity contribution < 1.29 is 13.9 Å². The Bertz CT molecular complexity index is 292. The van der Waals surface area contributed by atoms with E-state index in [4.69, 9.17) is 9.47 Å². The van der Waals surface area contributed by atoms with Gasteiger partial charge in [-0.3, -0.25) is 0 Å². The topological polar surface area (TPSA) is 18.5 Å². The highest BCUT2D eigenvalue weighted by atomic mass is 32.2. The van der Waals surface area contributed by atoms with Gasteiger partial charge in [0.2, 0.25) is 0 Å². The fourth-order valence-corrected chi connectivity index (χ4v) is 1.63. The first-order chi connectivity index (χ1) is 6.69. The van der Waals surface area contributed by atoms with Crippen molar-refractivity contribution in [2.75, 3.05) is 20.2 Å². The molecule has 0 heterocycles. The molecule has 0 spiro atoms. The Morgan fingerprint density at radius 3 is 2.64 bits per heavy atom. The van der Waals surface area contributed by atoms with Crippen molar-refractivity contribution in [1.82, 2.24) is 0 Å². The number of rotatable bonds is 4. The second-order valence-corrected chi connectivity index (χ2v) is 3.69. The first-order valence-electron chi connectivity index (χ1n) is 4.15. The van der Waals surface area contributed by atoms with Crippen LogP contribution in [-0.4, -0.2) is 20.2 Å². The molecule has 0 aliphatic heterocycles. The van der Waals surface area contributed by atoms with Crippen LogP contribution in [0, 0.1) is 12.7 Å². The molecular formula is C10H13FO2S. The van der Waals surface area contributed by atoms with Crippen LogP contribution >= 0.6 is 11.8 Å². The predicted molar refractivity (Wildman–Crippen MR) is 55.4 cm³/mol. The molecule has 0 aliphatic carbocycles. The summed E-state index contributed by atoms with van der Waals surface area (Å²) in [6, 6.07) is 3.35. The van der Waals surface area contributed by atoms with E-state index in [1.54, 1.807) is 0 Å². The quantitative estimate of drug-likeness (QED) is 0.569. The van der Waals surface area contributed by atoms with E-state index in [1.165, 1.54) is 24.9 Å². The van der Waals surface area contributed by atoms with Gasteiger partial charge >= 0.3 is 0 Å². The first-order valence-corrected chi connectivity index (χ1v) is 5.37. The number of ether oxygens (including phenoxy) is 2.